The number of ether oxygens (including phenoxy) is 1. The number of hydrogen-bond donors (Lipinski definition) is 1. The quantitative estimate of drug-likeness (QED) is 0.775. The summed E-state index contributed by atoms with van der Waals surface area (Å²) < 4.78 is 5.59. The summed E-state index contributed by atoms with van der Waals surface area (Å²) in [6.45, 7) is 7.08. The van der Waals surface area contributed by atoms with Gasteiger partial charge in [0.15, 0.2) is 0 Å². The molecule has 0 aromatic heterocycles. The highest BCUT2D eigenvalue weighted by molar-refractivity contribution is 5.77. The maximum atomic E-state index is 12.1. The summed E-state index contributed by atoms with van der Waals surface area (Å²) >= 11 is 0. The van der Waals surface area contributed by atoms with E-state index in [1.54, 1.807) is 4.90 Å². The molecule has 6 nitrogen and oxygen atoms in total. The Morgan fingerprint density at radius 3 is 2.43 bits per heavy atom. The lowest BCUT2D eigenvalue weighted by atomic mass is 10.2. The third kappa shape index (κ3) is 5.47. The molecule has 1 N–H and O–H groups in total. The molecule has 1 saturated heterocycles. The fourth-order valence-electron chi connectivity index (χ4n) is 2.47. The molecule has 0 spiro atoms. The van der Waals surface area contributed by atoms with E-state index in [1.807, 2.05) is 43.0 Å². The van der Waals surface area contributed by atoms with Crippen molar-refractivity contribution in [2.45, 2.75) is 26.4 Å². The number of nitrogens with zero attached hydrogens (tertiary/aromatic N) is 2. The van der Waals surface area contributed by atoms with Gasteiger partial charge >= 0.3 is 0 Å². The highest BCUT2D eigenvalue weighted by Crippen LogP contribution is 2.16. The van der Waals surface area contributed by atoms with E-state index in [2.05, 4.69) is 5.32 Å². The molecule has 1 fully saturated rings. The number of anilines is 1. The zero-order chi connectivity index (χ0) is 16.7. The Morgan fingerprint density at radius 1 is 1.22 bits per heavy atom. The van der Waals surface area contributed by atoms with Crippen LogP contribution < -0.4 is 10.1 Å². The van der Waals surface area contributed by atoms with Gasteiger partial charge in [-0.05, 0) is 38.1 Å². The molecule has 23 heavy (non-hydrogen) atoms. The average Bonchev–Trinajstić information content (AvgIpc) is 2.56. The van der Waals surface area contributed by atoms with Gasteiger partial charge in [-0.1, -0.05) is 0 Å². The van der Waals surface area contributed by atoms with Crippen LogP contribution in [0.25, 0.3) is 0 Å². The fraction of sp³-hybridized carbons (Fsp3) is 0.529. The Bertz CT molecular complexity index is 508. The van der Waals surface area contributed by atoms with E-state index in [4.69, 9.17) is 4.74 Å². The van der Waals surface area contributed by atoms with Crippen LogP contribution >= 0.6 is 0 Å². The Kier molecular flexibility index (Phi) is 6.26. The predicted molar refractivity (Wildman–Crippen MR) is 89.5 cm³/mol. The first kappa shape index (κ1) is 17.1. The largest absolute Gasteiger partial charge is 0.491 e. The maximum absolute atomic E-state index is 12.1. The minimum Gasteiger partial charge on any atom is -0.491 e. The number of carbonyl (C=O) groups is 2. The second kappa shape index (κ2) is 8.41. The zero-order valence-electron chi connectivity index (χ0n) is 13.8. The minimum absolute atomic E-state index is 0.128. The standard InChI is InChI=1S/C17H25N3O3/c1-14(2)23-16-5-3-15(4-6-16)18-8-7-17(22)20-11-9-19(13-21)10-12-20/h3-6,13-14,18H,7-12H2,1-2H3. The van der Waals surface area contributed by atoms with Crippen molar-refractivity contribution in [1.29, 1.82) is 0 Å². The number of benzene rings is 1. The molecule has 0 bridgehead atoms. The lowest BCUT2D eigenvalue weighted by molar-refractivity contribution is -0.134. The van der Waals surface area contributed by atoms with Crippen molar-refractivity contribution in [1.82, 2.24) is 9.80 Å². The van der Waals surface area contributed by atoms with Crippen molar-refractivity contribution < 1.29 is 14.3 Å². The van der Waals surface area contributed by atoms with E-state index in [0.717, 1.165) is 17.8 Å². The van der Waals surface area contributed by atoms with Crippen LogP contribution in [0.2, 0.25) is 0 Å². The summed E-state index contributed by atoms with van der Waals surface area (Å²) in [5, 5.41) is 3.25. The first-order chi connectivity index (χ1) is 11.1. The van der Waals surface area contributed by atoms with Gasteiger partial charge in [0.25, 0.3) is 0 Å². The predicted octanol–water partition coefficient (Wildman–Crippen LogP) is 1.58. The summed E-state index contributed by atoms with van der Waals surface area (Å²) in [4.78, 5) is 26.3. The van der Waals surface area contributed by atoms with E-state index in [1.165, 1.54) is 0 Å². The summed E-state index contributed by atoms with van der Waals surface area (Å²) in [5.74, 6) is 0.970. The number of rotatable bonds is 7. The van der Waals surface area contributed by atoms with Gasteiger partial charge < -0.3 is 19.9 Å². The number of nitrogens with one attached hydrogen (secondary N) is 1. The fourth-order valence-corrected chi connectivity index (χ4v) is 2.47. The van der Waals surface area contributed by atoms with E-state index in [9.17, 15) is 9.59 Å². The van der Waals surface area contributed by atoms with Crippen LogP contribution in [0.5, 0.6) is 5.75 Å². The number of amides is 2. The Morgan fingerprint density at radius 2 is 1.87 bits per heavy atom. The zero-order valence-corrected chi connectivity index (χ0v) is 13.8. The first-order valence-corrected chi connectivity index (χ1v) is 8.06. The lowest BCUT2D eigenvalue weighted by Gasteiger charge is -2.32. The monoisotopic (exact) mass is 319 g/mol. The summed E-state index contributed by atoms with van der Waals surface area (Å²) in [5.41, 5.74) is 0.972. The Labute approximate surface area is 137 Å². The smallest absolute Gasteiger partial charge is 0.224 e. The van der Waals surface area contributed by atoms with E-state index in [-0.39, 0.29) is 12.0 Å². The molecular weight excluding hydrogens is 294 g/mol. The van der Waals surface area contributed by atoms with Crippen molar-refractivity contribution in [3.63, 3.8) is 0 Å². The SMILES string of the molecule is CC(C)Oc1ccc(NCCC(=O)N2CCN(C=O)CC2)cc1. The van der Waals surface area contributed by atoms with Gasteiger partial charge in [0.05, 0.1) is 6.10 Å². The summed E-state index contributed by atoms with van der Waals surface area (Å²) in [6.07, 6.45) is 1.45. The van der Waals surface area contributed by atoms with Gasteiger partial charge in [-0.15, -0.1) is 0 Å². The molecule has 2 rings (SSSR count). The molecule has 0 atom stereocenters. The second-order valence-corrected chi connectivity index (χ2v) is 5.89. The molecule has 126 valence electrons. The molecule has 0 unspecified atom stereocenters. The third-order valence-corrected chi connectivity index (χ3v) is 3.71. The molecule has 1 heterocycles. The van der Waals surface area contributed by atoms with E-state index < -0.39 is 0 Å². The molecule has 6 heteroatoms. The molecule has 1 aromatic rings. The third-order valence-electron chi connectivity index (χ3n) is 3.71. The van der Waals surface area contributed by atoms with Crippen molar-refractivity contribution in [3.8, 4) is 5.75 Å². The minimum atomic E-state index is 0.128. The lowest BCUT2D eigenvalue weighted by Crippen LogP contribution is -2.48. The van der Waals surface area contributed by atoms with Gasteiger partial charge in [0.2, 0.25) is 12.3 Å². The molecule has 2 amide bonds. The average molecular weight is 319 g/mol. The van der Waals surface area contributed by atoms with Crippen LogP contribution in [-0.4, -0.2) is 60.9 Å². The van der Waals surface area contributed by atoms with Crippen molar-refractivity contribution in [3.05, 3.63) is 24.3 Å². The van der Waals surface area contributed by atoms with Gasteiger partial charge in [-0.25, -0.2) is 0 Å². The number of hydrogen-bond acceptors (Lipinski definition) is 4. The van der Waals surface area contributed by atoms with Gasteiger partial charge in [-0.2, -0.15) is 0 Å². The van der Waals surface area contributed by atoms with Crippen LogP contribution in [0.1, 0.15) is 20.3 Å². The molecule has 0 aliphatic carbocycles. The van der Waals surface area contributed by atoms with Crippen molar-refractivity contribution in [2.24, 2.45) is 0 Å². The van der Waals surface area contributed by atoms with Crippen LogP contribution in [0, 0.1) is 0 Å². The van der Waals surface area contributed by atoms with Crippen LogP contribution in [0.4, 0.5) is 5.69 Å². The Hall–Kier alpha value is -2.24. The van der Waals surface area contributed by atoms with Gasteiger partial charge in [0, 0.05) is 44.8 Å². The molecule has 0 saturated carbocycles. The molecule has 1 aliphatic heterocycles. The molecule has 0 radical (unpaired) electrons. The molecule has 1 aromatic carbocycles. The van der Waals surface area contributed by atoms with Crippen LogP contribution in [0.15, 0.2) is 24.3 Å². The first-order valence-electron chi connectivity index (χ1n) is 8.06. The highest BCUT2D eigenvalue weighted by Gasteiger charge is 2.19. The summed E-state index contributed by atoms with van der Waals surface area (Å²) in [6, 6.07) is 7.74. The second-order valence-electron chi connectivity index (χ2n) is 5.89. The van der Waals surface area contributed by atoms with E-state index >= 15 is 0 Å². The van der Waals surface area contributed by atoms with Crippen LogP contribution in [-0.2, 0) is 9.59 Å². The Balaban J connectivity index is 1.70. The van der Waals surface area contributed by atoms with E-state index in [0.29, 0.717) is 39.1 Å². The van der Waals surface area contributed by atoms with Crippen molar-refractivity contribution in [2.75, 3.05) is 38.0 Å². The van der Waals surface area contributed by atoms with Gasteiger partial charge in [0.1, 0.15) is 5.75 Å². The van der Waals surface area contributed by atoms with Gasteiger partial charge in [-0.3, -0.25) is 9.59 Å². The molecular formula is C17H25N3O3. The number of piperazine rings is 1. The highest BCUT2D eigenvalue weighted by atomic mass is 16.5. The molecule has 1 aliphatic rings. The number of carbonyl (C=O) groups excluding carboxylic acids is 2. The topological polar surface area (TPSA) is 61.9 Å². The normalized spacial score (nSPS) is 14.7. The van der Waals surface area contributed by atoms with Crippen molar-refractivity contribution >= 4 is 18.0 Å². The summed E-state index contributed by atoms with van der Waals surface area (Å²) in [7, 11) is 0. The maximum Gasteiger partial charge on any atom is 0.224 e. The van der Waals surface area contributed by atoms with Crippen LogP contribution in [0.3, 0.4) is 0 Å².